The van der Waals surface area contributed by atoms with Crippen LogP contribution in [-0.2, 0) is 4.79 Å². The van der Waals surface area contributed by atoms with Gasteiger partial charge in [-0.25, -0.2) is 0 Å². The predicted molar refractivity (Wildman–Crippen MR) is 30.1 cm³/mol. The second-order valence-electron chi connectivity index (χ2n) is 1.56. The van der Waals surface area contributed by atoms with Crippen LogP contribution in [0.1, 0.15) is 6.42 Å². The Balaban J connectivity index is 0.000000490. The molecule has 0 saturated carbocycles. The average Bonchev–Trinajstić information content (AvgIpc) is 1.91. The standard InChI is InChI=1S/C4H7NOS.ClH/c5-3-1-2-7-4(3)6;/h3H,1-2,5H2;1H/p-1. The molecule has 1 fully saturated rings. The van der Waals surface area contributed by atoms with Crippen LogP contribution in [-0.4, -0.2) is 16.9 Å². The number of carbonyl (C=O) groups excluding carboxylic acids is 1. The number of rotatable bonds is 0. The third kappa shape index (κ3) is 1.65. The van der Waals surface area contributed by atoms with Crippen molar-refractivity contribution < 1.29 is 17.2 Å². The van der Waals surface area contributed by atoms with Gasteiger partial charge in [0, 0.05) is 5.75 Å². The normalized spacial score (nSPS) is 27.6. The fourth-order valence-electron chi connectivity index (χ4n) is 0.511. The smallest absolute Gasteiger partial charge is 0.205 e. The molecular weight excluding hydrogens is 146 g/mol. The third-order valence-electron chi connectivity index (χ3n) is 0.976. The summed E-state index contributed by atoms with van der Waals surface area (Å²) in [4.78, 5) is 10.4. The zero-order valence-corrected chi connectivity index (χ0v) is 5.84. The monoisotopic (exact) mass is 152 g/mol. The maximum Gasteiger partial charge on any atom is 0.205 e. The molecule has 1 saturated heterocycles. The molecule has 1 unspecified atom stereocenters. The summed E-state index contributed by atoms with van der Waals surface area (Å²) < 4.78 is 0. The fourth-order valence-corrected chi connectivity index (χ4v) is 1.42. The van der Waals surface area contributed by atoms with Crippen LogP contribution in [0.25, 0.3) is 0 Å². The lowest BCUT2D eigenvalue weighted by Crippen LogP contribution is -3.00. The van der Waals surface area contributed by atoms with Gasteiger partial charge in [0.05, 0.1) is 6.04 Å². The van der Waals surface area contributed by atoms with Crippen molar-refractivity contribution >= 4 is 16.9 Å². The summed E-state index contributed by atoms with van der Waals surface area (Å²) in [5.74, 6) is 0.917. The Labute approximate surface area is 58.6 Å². The summed E-state index contributed by atoms with van der Waals surface area (Å²) in [5, 5.41) is 0.153. The van der Waals surface area contributed by atoms with Crippen molar-refractivity contribution in [2.24, 2.45) is 5.73 Å². The Bertz CT molecular complexity index is 98.0. The van der Waals surface area contributed by atoms with Crippen LogP contribution in [0, 0.1) is 0 Å². The van der Waals surface area contributed by atoms with E-state index in [1.807, 2.05) is 0 Å². The van der Waals surface area contributed by atoms with Crippen molar-refractivity contribution in [3.63, 3.8) is 0 Å². The van der Waals surface area contributed by atoms with Crippen LogP contribution >= 0.6 is 11.8 Å². The summed E-state index contributed by atoms with van der Waals surface area (Å²) in [6.45, 7) is 0. The van der Waals surface area contributed by atoms with E-state index in [0.717, 1.165) is 12.2 Å². The predicted octanol–water partition coefficient (Wildman–Crippen LogP) is -3.02. The van der Waals surface area contributed by atoms with Gasteiger partial charge in [-0.2, -0.15) is 0 Å². The van der Waals surface area contributed by atoms with Crippen molar-refractivity contribution in [3.05, 3.63) is 0 Å². The Morgan fingerprint density at radius 3 is 2.50 bits per heavy atom. The summed E-state index contributed by atoms with van der Waals surface area (Å²) in [6.07, 6.45) is 0.865. The van der Waals surface area contributed by atoms with Crippen LogP contribution in [0.15, 0.2) is 0 Å². The molecular formula is C4H7ClNOS-. The molecule has 0 radical (unpaired) electrons. The van der Waals surface area contributed by atoms with Crippen LogP contribution in [0.5, 0.6) is 0 Å². The van der Waals surface area contributed by atoms with E-state index in [4.69, 9.17) is 5.73 Å². The highest BCUT2D eigenvalue weighted by molar-refractivity contribution is 8.14. The number of hydrogen-bond donors (Lipinski definition) is 1. The Kier molecular flexibility index (Phi) is 3.44. The topological polar surface area (TPSA) is 43.1 Å². The number of thioether (sulfide) groups is 1. The molecule has 0 amide bonds. The Hall–Kier alpha value is 0.270. The second kappa shape index (κ2) is 3.33. The first kappa shape index (κ1) is 8.27. The fraction of sp³-hybridized carbons (Fsp3) is 0.750. The van der Waals surface area contributed by atoms with Crippen LogP contribution < -0.4 is 18.1 Å². The molecule has 1 atom stereocenters. The summed E-state index contributed by atoms with van der Waals surface area (Å²) in [5.41, 5.74) is 5.31. The van der Waals surface area contributed by atoms with Gasteiger partial charge in [0.1, 0.15) is 0 Å². The molecule has 0 bridgehead atoms. The Morgan fingerprint density at radius 2 is 2.38 bits per heavy atom. The van der Waals surface area contributed by atoms with Gasteiger partial charge in [0.15, 0.2) is 0 Å². The van der Waals surface area contributed by atoms with E-state index in [1.54, 1.807) is 0 Å². The summed E-state index contributed by atoms with van der Waals surface area (Å²) in [6, 6.07) is -0.162. The minimum absolute atomic E-state index is 0. The van der Waals surface area contributed by atoms with Crippen molar-refractivity contribution in [1.82, 2.24) is 0 Å². The molecule has 0 aromatic rings. The van der Waals surface area contributed by atoms with E-state index in [-0.39, 0.29) is 23.6 Å². The van der Waals surface area contributed by atoms with Gasteiger partial charge in [0.25, 0.3) is 0 Å². The van der Waals surface area contributed by atoms with Crippen molar-refractivity contribution in [2.45, 2.75) is 12.5 Å². The van der Waals surface area contributed by atoms with Crippen molar-refractivity contribution in [1.29, 1.82) is 0 Å². The molecule has 1 heterocycles. The van der Waals surface area contributed by atoms with Gasteiger partial charge in [-0.15, -0.1) is 0 Å². The molecule has 0 aliphatic carbocycles. The lowest BCUT2D eigenvalue weighted by molar-refractivity contribution is -0.111. The van der Waals surface area contributed by atoms with Gasteiger partial charge in [0.2, 0.25) is 5.12 Å². The molecule has 0 aromatic heterocycles. The average molecular weight is 153 g/mol. The summed E-state index contributed by atoms with van der Waals surface area (Å²) in [7, 11) is 0. The number of halogens is 1. The molecule has 2 nitrogen and oxygen atoms in total. The van der Waals surface area contributed by atoms with E-state index >= 15 is 0 Å². The van der Waals surface area contributed by atoms with E-state index in [2.05, 4.69) is 0 Å². The quantitative estimate of drug-likeness (QED) is 0.402. The molecule has 0 aromatic carbocycles. The van der Waals surface area contributed by atoms with Crippen molar-refractivity contribution in [2.75, 3.05) is 5.75 Å². The number of hydrogen-bond acceptors (Lipinski definition) is 3. The highest BCUT2D eigenvalue weighted by Gasteiger charge is 2.19. The zero-order chi connectivity index (χ0) is 5.28. The first-order valence-electron chi connectivity index (χ1n) is 2.23. The summed E-state index contributed by atoms with van der Waals surface area (Å²) >= 11 is 1.34. The van der Waals surface area contributed by atoms with Gasteiger partial charge in [-0.3, -0.25) is 4.79 Å². The second-order valence-corrected chi connectivity index (χ2v) is 2.66. The van der Waals surface area contributed by atoms with E-state index < -0.39 is 0 Å². The van der Waals surface area contributed by atoms with Gasteiger partial charge in [-0.1, -0.05) is 11.8 Å². The van der Waals surface area contributed by atoms with Gasteiger partial charge in [-0.05, 0) is 6.42 Å². The van der Waals surface area contributed by atoms with Crippen LogP contribution in [0.2, 0.25) is 0 Å². The van der Waals surface area contributed by atoms with E-state index in [0.29, 0.717) is 0 Å². The Morgan fingerprint density at radius 1 is 1.75 bits per heavy atom. The molecule has 48 valence electrons. The van der Waals surface area contributed by atoms with Crippen molar-refractivity contribution in [3.8, 4) is 0 Å². The lowest BCUT2D eigenvalue weighted by Gasteiger charge is -1.90. The number of carbonyl (C=O) groups is 1. The minimum Gasteiger partial charge on any atom is -1.00 e. The maximum atomic E-state index is 10.4. The van der Waals surface area contributed by atoms with Gasteiger partial charge < -0.3 is 18.1 Å². The molecule has 1 aliphatic heterocycles. The van der Waals surface area contributed by atoms with E-state index in [1.165, 1.54) is 11.8 Å². The molecule has 4 heteroatoms. The van der Waals surface area contributed by atoms with Crippen LogP contribution in [0.4, 0.5) is 0 Å². The molecule has 1 rings (SSSR count). The first-order valence-corrected chi connectivity index (χ1v) is 3.21. The highest BCUT2D eigenvalue weighted by atomic mass is 35.5. The van der Waals surface area contributed by atoms with Gasteiger partial charge >= 0.3 is 0 Å². The SMILES string of the molecule is NC1CCSC1=O.[Cl-]. The van der Waals surface area contributed by atoms with Crippen LogP contribution in [0.3, 0.4) is 0 Å². The third-order valence-corrected chi connectivity index (χ3v) is 2.00. The highest BCUT2D eigenvalue weighted by Crippen LogP contribution is 2.16. The first-order chi connectivity index (χ1) is 3.30. The zero-order valence-electron chi connectivity index (χ0n) is 4.26. The molecule has 1 aliphatic rings. The van der Waals surface area contributed by atoms with E-state index in [9.17, 15) is 4.79 Å². The minimum atomic E-state index is -0.162. The largest absolute Gasteiger partial charge is 1.00 e. The molecule has 0 spiro atoms. The maximum absolute atomic E-state index is 10.4. The molecule has 2 N–H and O–H groups in total. The lowest BCUT2D eigenvalue weighted by atomic mass is 10.3. The molecule has 8 heavy (non-hydrogen) atoms. The number of nitrogens with two attached hydrogens (primary N) is 1.